The Morgan fingerprint density at radius 1 is 1.50 bits per heavy atom. The van der Waals surface area contributed by atoms with E-state index in [2.05, 4.69) is 5.32 Å². The van der Waals surface area contributed by atoms with Gasteiger partial charge in [-0.2, -0.15) is 0 Å². The normalized spacial score (nSPS) is 15.5. The van der Waals surface area contributed by atoms with E-state index < -0.39 is 11.6 Å². The number of aliphatic hydroxyl groups is 1. The van der Waals surface area contributed by atoms with Crippen molar-refractivity contribution in [3.05, 3.63) is 0 Å². The molecular formula is C10H21NO3. The molecule has 1 atom stereocenters. The van der Waals surface area contributed by atoms with Crippen LogP contribution in [0.2, 0.25) is 0 Å². The first-order chi connectivity index (χ1) is 6.36. The Kier molecular flexibility index (Phi) is 5.72. The molecule has 3 N–H and O–H groups in total. The predicted octanol–water partition coefficient (Wildman–Crippen LogP) is 0.848. The lowest BCUT2D eigenvalue weighted by Gasteiger charge is -2.27. The summed E-state index contributed by atoms with van der Waals surface area (Å²) in [5.74, 6) is -0.586. The largest absolute Gasteiger partial charge is 0.481 e. The lowest BCUT2D eigenvalue weighted by molar-refractivity contribution is -0.137. The first-order valence-electron chi connectivity index (χ1n) is 5.01. The molecule has 0 fully saturated rings. The second-order valence-corrected chi connectivity index (χ2v) is 4.19. The fourth-order valence-electron chi connectivity index (χ4n) is 0.910. The summed E-state index contributed by atoms with van der Waals surface area (Å²) >= 11 is 0. The molecule has 4 nitrogen and oxygen atoms in total. The van der Waals surface area contributed by atoms with Gasteiger partial charge in [0, 0.05) is 13.0 Å². The molecule has 0 heterocycles. The van der Waals surface area contributed by atoms with Crippen LogP contribution in [-0.2, 0) is 4.79 Å². The molecule has 0 amide bonds. The summed E-state index contributed by atoms with van der Waals surface area (Å²) in [6, 6.07) is 0. The monoisotopic (exact) mass is 203 g/mol. The van der Waals surface area contributed by atoms with Crippen molar-refractivity contribution < 1.29 is 15.0 Å². The van der Waals surface area contributed by atoms with Crippen LogP contribution in [-0.4, -0.2) is 34.9 Å². The van der Waals surface area contributed by atoms with Gasteiger partial charge in [0.25, 0.3) is 0 Å². The van der Waals surface area contributed by atoms with E-state index in [4.69, 9.17) is 5.11 Å². The van der Waals surface area contributed by atoms with E-state index in [0.29, 0.717) is 19.5 Å². The minimum absolute atomic E-state index is 0.177. The van der Waals surface area contributed by atoms with Gasteiger partial charge in [0.15, 0.2) is 0 Å². The van der Waals surface area contributed by atoms with Crippen LogP contribution < -0.4 is 5.32 Å². The molecule has 1 unspecified atom stereocenters. The van der Waals surface area contributed by atoms with E-state index in [9.17, 15) is 9.90 Å². The summed E-state index contributed by atoms with van der Waals surface area (Å²) in [6.07, 6.45) is 0.778. The maximum absolute atomic E-state index is 10.2. The molecule has 14 heavy (non-hydrogen) atoms. The van der Waals surface area contributed by atoms with Crippen molar-refractivity contribution in [3.8, 4) is 0 Å². The Labute approximate surface area is 85.3 Å². The predicted molar refractivity (Wildman–Crippen MR) is 55.2 cm³/mol. The molecule has 0 saturated heterocycles. The molecular weight excluding hydrogens is 182 g/mol. The molecule has 0 aromatic heterocycles. The van der Waals surface area contributed by atoms with Gasteiger partial charge in [-0.1, -0.05) is 13.8 Å². The Hall–Kier alpha value is -0.610. The summed E-state index contributed by atoms with van der Waals surface area (Å²) in [7, 11) is 0. The molecule has 0 rings (SSSR count). The first-order valence-corrected chi connectivity index (χ1v) is 5.01. The van der Waals surface area contributed by atoms with Gasteiger partial charge >= 0.3 is 5.97 Å². The van der Waals surface area contributed by atoms with Crippen LogP contribution in [0.4, 0.5) is 0 Å². The Morgan fingerprint density at radius 3 is 2.50 bits per heavy atom. The van der Waals surface area contributed by atoms with Crippen LogP contribution in [0.5, 0.6) is 0 Å². The molecule has 4 heteroatoms. The third-order valence-electron chi connectivity index (χ3n) is 2.47. The molecule has 0 aliphatic heterocycles. The molecule has 0 radical (unpaired) electrons. The third kappa shape index (κ3) is 5.94. The highest BCUT2D eigenvalue weighted by molar-refractivity contribution is 5.66. The van der Waals surface area contributed by atoms with E-state index in [1.54, 1.807) is 6.92 Å². The number of nitrogens with one attached hydrogen (secondary N) is 1. The van der Waals surface area contributed by atoms with Gasteiger partial charge in [-0.15, -0.1) is 0 Å². The fourth-order valence-corrected chi connectivity index (χ4v) is 0.910. The molecule has 0 aromatic rings. The lowest BCUT2D eigenvalue weighted by Crippen LogP contribution is -2.42. The van der Waals surface area contributed by atoms with E-state index in [0.717, 1.165) is 0 Å². The van der Waals surface area contributed by atoms with Gasteiger partial charge < -0.3 is 15.5 Å². The van der Waals surface area contributed by atoms with Crippen LogP contribution in [0, 0.1) is 5.92 Å². The standard InChI is InChI=1S/C10H21NO3/c1-8(2)10(3,14)7-11-6-4-5-9(12)13/h8,11,14H,4-7H2,1-3H3,(H,12,13). The third-order valence-corrected chi connectivity index (χ3v) is 2.47. The zero-order valence-electron chi connectivity index (χ0n) is 9.21. The second kappa shape index (κ2) is 5.98. The smallest absolute Gasteiger partial charge is 0.303 e. The maximum Gasteiger partial charge on any atom is 0.303 e. The Balaban J connectivity index is 3.49. The zero-order chi connectivity index (χ0) is 11.2. The van der Waals surface area contributed by atoms with Crippen LogP contribution >= 0.6 is 0 Å². The minimum Gasteiger partial charge on any atom is -0.481 e. The van der Waals surface area contributed by atoms with Crippen molar-refractivity contribution in [2.45, 2.75) is 39.2 Å². The maximum atomic E-state index is 10.2. The zero-order valence-corrected chi connectivity index (χ0v) is 9.21. The van der Waals surface area contributed by atoms with E-state index >= 15 is 0 Å². The van der Waals surface area contributed by atoms with Crippen LogP contribution in [0.25, 0.3) is 0 Å². The number of carboxylic acids is 1. The quantitative estimate of drug-likeness (QED) is 0.536. The molecule has 0 bridgehead atoms. The summed E-state index contributed by atoms with van der Waals surface area (Å²) < 4.78 is 0. The van der Waals surface area contributed by atoms with E-state index in [-0.39, 0.29) is 12.3 Å². The van der Waals surface area contributed by atoms with Crippen molar-refractivity contribution in [3.63, 3.8) is 0 Å². The molecule has 0 saturated carbocycles. The number of carboxylic acid groups (broad SMARTS) is 1. The van der Waals surface area contributed by atoms with Gasteiger partial charge in [0.05, 0.1) is 5.60 Å². The Bertz CT molecular complexity index is 178. The van der Waals surface area contributed by atoms with Crippen molar-refractivity contribution in [1.29, 1.82) is 0 Å². The summed E-state index contributed by atoms with van der Waals surface area (Å²) in [5.41, 5.74) is -0.719. The Morgan fingerprint density at radius 2 is 2.07 bits per heavy atom. The summed E-state index contributed by atoms with van der Waals surface area (Å²) in [6.45, 7) is 6.83. The molecule has 0 aromatic carbocycles. The van der Waals surface area contributed by atoms with Crippen molar-refractivity contribution in [2.75, 3.05) is 13.1 Å². The summed E-state index contributed by atoms with van der Waals surface area (Å²) in [5, 5.41) is 21.3. The second-order valence-electron chi connectivity index (χ2n) is 4.19. The number of carbonyl (C=O) groups is 1. The van der Waals surface area contributed by atoms with Crippen molar-refractivity contribution in [1.82, 2.24) is 5.32 Å². The van der Waals surface area contributed by atoms with Crippen LogP contribution in [0.15, 0.2) is 0 Å². The van der Waals surface area contributed by atoms with Gasteiger partial charge in [-0.25, -0.2) is 0 Å². The first kappa shape index (κ1) is 13.4. The highest BCUT2D eigenvalue weighted by Gasteiger charge is 2.23. The van der Waals surface area contributed by atoms with Crippen LogP contribution in [0.1, 0.15) is 33.6 Å². The van der Waals surface area contributed by atoms with Crippen molar-refractivity contribution >= 4 is 5.97 Å². The average molecular weight is 203 g/mol. The van der Waals surface area contributed by atoms with Gasteiger partial charge in [0.1, 0.15) is 0 Å². The van der Waals surface area contributed by atoms with Gasteiger partial charge in [-0.05, 0) is 25.8 Å². The SMILES string of the molecule is CC(C)C(C)(O)CNCCCC(=O)O. The van der Waals surface area contributed by atoms with Gasteiger partial charge in [0.2, 0.25) is 0 Å². The summed E-state index contributed by atoms with van der Waals surface area (Å²) in [4.78, 5) is 10.2. The lowest BCUT2D eigenvalue weighted by atomic mass is 9.92. The molecule has 0 aliphatic carbocycles. The van der Waals surface area contributed by atoms with E-state index in [1.165, 1.54) is 0 Å². The number of hydrogen-bond acceptors (Lipinski definition) is 3. The van der Waals surface area contributed by atoms with E-state index in [1.807, 2.05) is 13.8 Å². The highest BCUT2D eigenvalue weighted by atomic mass is 16.4. The number of hydrogen-bond donors (Lipinski definition) is 3. The number of rotatable bonds is 7. The molecule has 0 aliphatic rings. The minimum atomic E-state index is -0.776. The van der Waals surface area contributed by atoms with Gasteiger partial charge in [-0.3, -0.25) is 4.79 Å². The molecule has 84 valence electrons. The van der Waals surface area contributed by atoms with Crippen molar-refractivity contribution in [2.24, 2.45) is 5.92 Å². The fraction of sp³-hybridized carbons (Fsp3) is 0.900. The van der Waals surface area contributed by atoms with Crippen LogP contribution in [0.3, 0.4) is 0 Å². The highest BCUT2D eigenvalue weighted by Crippen LogP contribution is 2.14. The molecule has 0 spiro atoms. The number of aliphatic carboxylic acids is 1. The average Bonchev–Trinajstić information content (AvgIpc) is 2.02. The topological polar surface area (TPSA) is 69.6 Å².